The number of hydrogen-bond donors (Lipinski definition) is 4. The Morgan fingerprint density at radius 3 is 0.561 bits per heavy atom. The third-order valence-corrected chi connectivity index (χ3v) is 3.43. The fourth-order valence-electron chi connectivity index (χ4n) is 1.85. The number of carboxylic acid groups (broad SMARTS) is 8. The molecular weight excluding hydrogens is 635 g/mol. The molecule has 0 saturated heterocycles. The van der Waals surface area contributed by atoms with Gasteiger partial charge in [-0.25, -0.2) is 19.2 Å². The zero-order valence-corrected chi connectivity index (χ0v) is 24.8. The topological polar surface area (TPSA) is 310 Å². The van der Waals surface area contributed by atoms with Crippen molar-refractivity contribution in [2.75, 3.05) is 0 Å². The van der Waals surface area contributed by atoms with Gasteiger partial charge in [-0.1, -0.05) is 52.0 Å². The first-order chi connectivity index (χ1) is 18.4. The van der Waals surface area contributed by atoms with Crippen molar-refractivity contribution in [2.45, 2.75) is 53.4 Å². The van der Waals surface area contributed by atoms with Crippen LogP contribution in [0.5, 0.6) is 0 Å². The van der Waals surface area contributed by atoms with E-state index in [4.69, 9.17) is 20.4 Å². The molecule has 0 atom stereocenters. The maximum atomic E-state index is 10.0. The third kappa shape index (κ3) is 25.6. The summed E-state index contributed by atoms with van der Waals surface area (Å²) in [4.78, 5) is 80.0. The van der Waals surface area contributed by atoms with Gasteiger partial charge in [0.25, 0.3) is 0 Å². The Morgan fingerprint density at radius 2 is 0.537 bits per heavy atom. The van der Waals surface area contributed by atoms with Gasteiger partial charge in [-0.05, 0) is 25.7 Å². The van der Waals surface area contributed by atoms with E-state index in [0.29, 0.717) is 25.7 Å². The van der Waals surface area contributed by atoms with Gasteiger partial charge in [0.05, 0.1) is 46.2 Å². The van der Waals surface area contributed by atoms with E-state index in [1.54, 1.807) is 27.7 Å². The zero-order chi connectivity index (χ0) is 32.6. The Morgan fingerprint density at radius 1 is 0.415 bits per heavy atom. The standard InChI is InChI=1S/4C6H8O4.Zr/c4*1-2-3-4(5(7)8)6(9)10;/h4*3H,2H2,1H3,(H,7,8)(H,9,10);/q;;;;+4/p-4. The second-order valence-corrected chi connectivity index (χ2v) is 6.47. The van der Waals surface area contributed by atoms with Crippen LogP contribution in [-0.2, 0) is 64.6 Å². The first kappa shape index (κ1) is 46.5. The van der Waals surface area contributed by atoms with E-state index in [-0.39, 0.29) is 26.2 Å². The average molecular weight is 664 g/mol. The minimum Gasteiger partial charge on any atom is -0.545 e. The third-order valence-electron chi connectivity index (χ3n) is 3.43. The summed E-state index contributed by atoms with van der Waals surface area (Å²) in [5, 5.41) is 72.6. The van der Waals surface area contributed by atoms with E-state index in [1.807, 2.05) is 0 Å². The maximum absolute atomic E-state index is 10.0. The number of rotatable bonds is 12. The van der Waals surface area contributed by atoms with Crippen LogP contribution in [0.4, 0.5) is 0 Å². The SMILES string of the molecule is CC/C=C(\C(=O)[O-])C(=O)O.CC/C=C(\C(=O)[O-])C(=O)O.CC/C=C(\C(=O)[O-])C(=O)O.CC/C=C(\C(=O)[O-])C(=O)O.[Zr+4]. The summed E-state index contributed by atoms with van der Waals surface area (Å²) in [6.45, 7) is 6.58. The quantitative estimate of drug-likeness (QED) is 0.0899. The minimum absolute atomic E-state index is 0. The van der Waals surface area contributed by atoms with Crippen molar-refractivity contribution in [2.24, 2.45) is 0 Å². The van der Waals surface area contributed by atoms with E-state index in [2.05, 4.69) is 0 Å². The number of hydrogen-bond acceptors (Lipinski definition) is 12. The van der Waals surface area contributed by atoms with Crippen LogP contribution in [0.3, 0.4) is 0 Å². The molecule has 17 heteroatoms. The van der Waals surface area contributed by atoms with Crippen LogP contribution in [0.2, 0.25) is 0 Å². The van der Waals surface area contributed by atoms with Crippen molar-refractivity contribution in [1.82, 2.24) is 0 Å². The van der Waals surface area contributed by atoms with Gasteiger partial charge < -0.3 is 60.0 Å². The Hall–Kier alpha value is -4.40. The van der Waals surface area contributed by atoms with Crippen LogP contribution in [0.15, 0.2) is 46.6 Å². The molecule has 0 radical (unpaired) electrons. The fourth-order valence-corrected chi connectivity index (χ4v) is 1.85. The fraction of sp³-hybridized carbons (Fsp3) is 0.333. The number of allylic oxidation sites excluding steroid dienone is 4. The van der Waals surface area contributed by atoms with Crippen LogP contribution >= 0.6 is 0 Å². The predicted octanol–water partition coefficient (Wildman–Crippen LogP) is -3.37. The first-order valence-corrected chi connectivity index (χ1v) is 11.0. The molecule has 0 aliphatic carbocycles. The van der Waals surface area contributed by atoms with Crippen LogP contribution < -0.4 is 20.4 Å². The van der Waals surface area contributed by atoms with Crippen LogP contribution in [0.25, 0.3) is 0 Å². The summed E-state index contributed by atoms with van der Waals surface area (Å²) >= 11 is 0. The number of aliphatic carboxylic acids is 8. The molecule has 0 bridgehead atoms. The molecule has 0 unspecified atom stereocenters. The van der Waals surface area contributed by atoms with Gasteiger partial charge in [-0.2, -0.15) is 0 Å². The number of carbonyl (C=O) groups excluding carboxylic acids is 4. The van der Waals surface area contributed by atoms with Gasteiger partial charge in [0.2, 0.25) is 0 Å². The first-order valence-electron chi connectivity index (χ1n) is 11.0. The molecule has 0 saturated carbocycles. The van der Waals surface area contributed by atoms with E-state index in [9.17, 15) is 58.8 Å². The van der Waals surface area contributed by atoms with E-state index < -0.39 is 70.0 Å². The van der Waals surface area contributed by atoms with Gasteiger partial charge in [-0.15, -0.1) is 0 Å². The molecular formula is C24H28O16Zr. The normalized spacial score (nSPS) is 10.8. The number of carboxylic acids is 8. The van der Waals surface area contributed by atoms with Crippen LogP contribution in [0.1, 0.15) is 53.4 Å². The maximum Gasteiger partial charge on any atom is 4.00 e. The molecule has 0 amide bonds. The summed E-state index contributed by atoms with van der Waals surface area (Å²) in [7, 11) is 0. The molecule has 4 N–H and O–H groups in total. The number of carbonyl (C=O) groups is 8. The molecule has 0 aromatic heterocycles. The van der Waals surface area contributed by atoms with Gasteiger partial charge in [0.1, 0.15) is 0 Å². The molecule has 0 fully saturated rings. The molecule has 0 spiro atoms. The average Bonchev–Trinajstić information content (AvgIpc) is 2.82. The Kier molecular flexibility index (Phi) is 30.8. The Labute approximate surface area is 252 Å². The van der Waals surface area contributed by atoms with Gasteiger partial charge in [-0.3, -0.25) is 0 Å². The molecule has 0 aromatic carbocycles. The van der Waals surface area contributed by atoms with Crippen molar-refractivity contribution in [3.63, 3.8) is 0 Å². The second-order valence-electron chi connectivity index (χ2n) is 6.47. The molecule has 0 heterocycles. The van der Waals surface area contributed by atoms with E-state index in [1.165, 1.54) is 0 Å². The summed E-state index contributed by atoms with van der Waals surface area (Å²) in [5.74, 6) is -12.4. The Balaban J connectivity index is -0.000000139. The van der Waals surface area contributed by atoms with Crippen LogP contribution in [-0.4, -0.2) is 68.2 Å². The van der Waals surface area contributed by atoms with E-state index in [0.717, 1.165) is 24.3 Å². The molecule has 0 rings (SSSR count). The predicted molar refractivity (Wildman–Crippen MR) is 124 cm³/mol. The minimum atomic E-state index is -1.64. The van der Waals surface area contributed by atoms with Crippen LogP contribution in [0, 0.1) is 0 Å². The van der Waals surface area contributed by atoms with Gasteiger partial charge in [0, 0.05) is 0 Å². The summed E-state index contributed by atoms with van der Waals surface area (Å²) in [5.41, 5.74) is -2.71. The van der Waals surface area contributed by atoms with Crippen molar-refractivity contribution < 1.29 is 105 Å². The summed E-state index contributed by atoms with van der Waals surface area (Å²) < 4.78 is 0. The van der Waals surface area contributed by atoms with Gasteiger partial charge in [0.15, 0.2) is 0 Å². The Bertz CT molecular complexity index is 832. The second kappa shape index (κ2) is 27.2. The zero-order valence-electron chi connectivity index (χ0n) is 22.3. The summed E-state index contributed by atoms with van der Waals surface area (Å²) in [6, 6.07) is 0. The van der Waals surface area contributed by atoms with Crippen molar-refractivity contribution in [3.05, 3.63) is 46.6 Å². The summed E-state index contributed by atoms with van der Waals surface area (Å²) in [6.07, 6.45) is 5.86. The molecule has 224 valence electrons. The smallest absolute Gasteiger partial charge is 0.545 e. The van der Waals surface area contributed by atoms with E-state index >= 15 is 0 Å². The molecule has 0 aliphatic heterocycles. The molecule has 0 aromatic rings. The van der Waals surface area contributed by atoms with Crippen molar-refractivity contribution >= 4 is 47.8 Å². The molecule has 16 nitrogen and oxygen atoms in total. The monoisotopic (exact) mass is 662 g/mol. The largest absolute Gasteiger partial charge is 4.00 e. The van der Waals surface area contributed by atoms with Gasteiger partial charge >= 0.3 is 50.1 Å². The van der Waals surface area contributed by atoms with Crippen molar-refractivity contribution in [1.29, 1.82) is 0 Å². The molecule has 41 heavy (non-hydrogen) atoms. The molecule has 0 aliphatic rings. The van der Waals surface area contributed by atoms with Crippen molar-refractivity contribution in [3.8, 4) is 0 Å².